The minimum Gasteiger partial charge on any atom is -0.497 e. The van der Waals surface area contributed by atoms with Gasteiger partial charge < -0.3 is 23.9 Å². The Morgan fingerprint density at radius 3 is 2.63 bits per heavy atom. The van der Waals surface area contributed by atoms with Crippen LogP contribution in [0, 0.1) is 6.92 Å². The van der Waals surface area contributed by atoms with E-state index in [0.717, 1.165) is 27.7 Å². The molecule has 1 heterocycles. The predicted octanol–water partition coefficient (Wildman–Crippen LogP) is 3.72. The van der Waals surface area contributed by atoms with Crippen LogP contribution in [0.2, 0.25) is 0 Å². The van der Waals surface area contributed by atoms with Crippen LogP contribution in [0.5, 0.6) is 11.5 Å². The summed E-state index contributed by atoms with van der Waals surface area (Å²) in [5, 5.41) is 3.66. The Morgan fingerprint density at radius 1 is 1.10 bits per heavy atom. The van der Waals surface area contributed by atoms with Gasteiger partial charge in [-0.1, -0.05) is 12.1 Å². The highest BCUT2D eigenvalue weighted by atomic mass is 16.5. The number of hydrogen-bond donors (Lipinski definition) is 1. The molecule has 3 aromatic rings. The number of hydrogen-bond acceptors (Lipinski definition) is 6. The average Bonchev–Trinajstić information content (AvgIpc) is 3.13. The first-order chi connectivity index (χ1) is 14.4. The Morgan fingerprint density at radius 2 is 1.90 bits per heavy atom. The summed E-state index contributed by atoms with van der Waals surface area (Å²) in [6.45, 7) is 3.41. The van der Waals surface area contributed by atoms with Gasteiger partial charge in [-0.3, -0.25) is 9.59 Å². The lowest BCUT2D eigenvalue weighted by Gasteiger charge is -2.18. The van der Waals surface area contributed by atoms with E-state index in [1.165, 1.54) is 0 Å². The monoisotopic (exact) mass is 411 g/mol. The normalized spacial score (nSPS) is 11.7. The van der Waals surface area contributed by atoms with E-state index >= 15 is 0 Å². The number of esters is 1. The van der Waals surface area contributed by atoms with Gasteiger partial charge in [0.05, 0.1) is 32.9 Å². The number of aryl methyl sites for hydroxylation is 1. The maximum absolute atomic E-state index is 12.3. The molecule has 0 spiro atoms. The summed E-state index contributed by atoms with van der Waals surface area (Å²) in [5.74, 6) is 0.372. The van der Waals surface area contributed by atoms with Crippen LogP contribution in [0.25, 0.3) is 11.0 Å². The van der Waals surface area contributed by atoms with Gasteiger partial charge >= 0.3 is 5.97 Å². The molecule has 0 radical (unpaired) electrons. The van der Waals surface area contributed by atoms with Crippen LogP contribution in [-0.4, -0.2) is 32.7 Å². The van der Waals surface area contributed by atoms with Crippen LogP contribution in [0.1, 0.15) is 29.7 Å². The van der Waals surface area contributed by atoms with Crippen molar-refractivity contribution >= 4 is 22.8 Å². The molecule has 0 fully saturated rings. The van der Waals surface area contributed by atoms with Crippen molar-refractivity contribution in [2.75, 3.05) is 20.8 Å². The minimum absolute atomic E-state index is 0.0304. The van der Waals surface area contributed by atoms with Crippen molar-refractivity contribution in [2.45, 2.75) is 26.3 Å². The molecule has 0 saturated carbocycles. The van der Waals surface area contributed by atoms with Gasteiger partial charge in [-0.15, -0.1) is 0 Å². The molecule has 1 amide bonds. The Balaban J connectivity index is 1.55. The number of methoxy groups -OCH3 is 2. The summed E-state index contributed by atoms with van der Waals surface area (Å²) in [6, 6.07) is 10.8. The number of benzene rings is 2. The smallest absolute Gasteiger partial charge is 0.310 e. The minimum atomic E-state index is -0.500. The van der Waals surface area contributed by atoms with Crippen LogP contribution in [0.3, 0.4) is 0 Å². The van der Waals surface area contributed by atoms with Gasteiger partial charge in [0.15, 0.2) is 6.61 Å². The fourth-order valence-corrected chi connectivity index (χ4v) is 3.22. The van der Waals surface area contributed by atoms with Gasteiger partial charge in [-0.2, -0.15) is 0 Å². The lowest BCUT2D eigenvalue weighted by molar-refractivity contribution is -0.148. The molecule has 0 bridgehead atoms. The van der Waals surface area contributed by atoms with Gasteiger partial charge in [0.2, 0.25) is 0 Å². The molecule has 1 aromatic heterocycles. The maximum Gasteiger partial charge on any atom is 0.310 e. The van der Waals surface area contributed by atoms with Gasteiger partial charge in [0, 0.05) is 16.5 Å². The van der Waals surface area contributed by atoms with E-state index in [-0.39, 0.29) is 19.1 Å². The zero-order chi connectivity index (χ0) is 21.7. The number of amides is 1. The van der Waals surface area contributed by atoms with Gasteiger partial charge in [0.1, 0.15) is 17.1 Å². The number of fused-ring (bicyclic) bond motifs is 1. The molecular formula is C23H25NO6. The second kappa shape index (κ2) is 9.35. The van der Waals surface area contributed by atoms with E-state index in [4.69, 9.17) is 18.6 Å². The molecule has 0 unspecified atom stereocenters. The molecule has 7 heteroatoms. The van der Waals surface area contributed by atoms with Gasteiger partial charge in [0.25, 0.3) is 5.91 Å². The van der Waals surface area contributed by atoms with E-state index in [9.17, 15) is 9.59 Å². The van der Waals surface area contributed by atoms with Crippen LogP contribution >= 0.6 is 0 Å². The molecule has 0 saturated heterocycles. The Labute approximate surface area is 174 Å². The van der Waals surface area contributed by atoms with Crippen LogP contribution in [0.4, 0.5) is 0 Å². The lowest BCUT2D eigenvalue weighted by Crippen LogP contribution is -2.31. The fraction of sp³-hybridized carbons (Fsp3) is 0.304. The summed E-state index contributed by atoms with van der Waals surface area (Å²) in [6.07, 6.45) is 1.57. The van der Waals surface area contributed by atoms with Crippen molar-refractivity contribution in [3.8, 4) is 11.5 Å². The molecule has 1 N–H and O–H groups in total. The second-order valence-corrected chi connectivity index (χ2v) is 7.00. The summed E-state index contributed by atoms with van der Waals surface area (Å²) in [4.78, 5) is 24.4. The first-order valence-corrected chi connectivity index (χ1v) is 9.55. The summed E-state index contributed by atoms with van der Waals surface area (Å²) in [5.41, 5.74) is 3.28. The first-order valence-electron chi connectivity index (χ1n) is 9.55. The van der Waals surface area contributed by atoms with Gasteiger partial charge in [-0.25, -0.2) is 0 Å². The number of nitrogens with one attached hydrogen (secondary N) is 1. The third kappa shape index (κ3) is 4.92. The lowest BCUT2D eigenvalue weighted by atomic mass is 10.1. The van der Waals surface area contributed by atoms with Gasteiger partial charge in [-0.05, 0) is 43.7 Å². The first kappa shape index (κ1) is 21.2. The van der Waals surface area contributed by atoms with E-state index in [1.807, 2.05) is 32.0 Å². The highest BCUT2D eigenvalue weighted by molar-refractivity contribution is 5.87. The summed E-state index contributed by atoms with van der Waals surface area (Å²) in [7, 11) is 3.13. The second-order valence-electron chi connectivity index (χ2n) is 7.00. The number of rotatable bonds is 8. The Bertz CT molecular complexity index is 1060. The standard InChI is InChI=1S/C23H25NO6/c1-14-5-7-18-16(12-29-21(18)9-14)10-23(26)30-13-22(25)24-15(2)19-11-17(27-3)6-8-20(19)28-4/h5-9,11-12,15H,10,13H2,1-4H3,(H,24,25)/t15-/m0/s1. The van der Waals surface area contributed by atoms with E-state index in [0.29, 0.717) is 11.5 Å². The molecule has 0 aliphatic rings. The Kier molecular flexibility index (Phi) is 6.61. The molecule has 7 nitrogen and oxygen atoms in total. The molecule has 3 rings (SSSR count). The number of furan rings is 1. The van der Waals surface area contributed by atoms with Crippen LogP contribution < -0.4 is 14.8 Å². The van der Waals surface area contributed by atoms with Crippen molar-refractivity contribution in [2.24, 2.45) is 0 Å². The fourth-order valence-electron chi connectivity index (χ4n) is 3.22. The number of carbonyl (C=O) groups is 2. The molecule has 30 heavy (non-hydrogen) atoms. The zero-order valence-corrected chi connectivity index (χ0v) is 17.5. The van der Waals surface area contributed by atoms with Crippen molar-refractivity contribution in [1.29, 1.82) is 0 Å². The molecular weight excluding hydrogens is 386 g/mol. The van der Waals surface area contributed by atoms with Crippen molar-refractivity contribution < 1.29 is 28.2 Å². The van der Waals surface area contributed by atoms with Crippen molar-refractivity contribution in [3.05, 3.63) is 59.4 Å². The summed E-state index contributed by atoms with van der Waals surface area (Å²) >= 11 is 0. The zero-order valence-electron chi connectivity index (χ0n) is 17.5. The maximum atomic E-state index is 12.3. The quantitative estimate of drug-likeness (QED) is 0.569. The van der Waals surface area contributed by atoms with Crippen molar-refractivity contribution in [1.82, 2.24) is 5.32 Å². The van der Waals surface area contributed by atoms with E-state index < -0.39 is 11.9 Å². The third-order valence-corrected chi connectivity index (χ3v) is 4.79. The molecule has 1 atom stereocenters. The number of carbonyl (C=O) groups excluding carboxylic acids is 2. The molecule has 2 aromatic carbocycles. The van der Waals surface area contributed by atoms with Crippen molar-refractivity contribution in [3.63, 3.8) is 0 Å². The Hall–Kier alpha value is -3.48. The summed E-state index contributed by atoms with van der Waals surface area (Å²) < 4.78 is 21.2. The SMILES string of the molecule is COc1ccc(OC)c([C@H](C)NC(=O)COC(=O)Cc2coc3cc(C)ccc23)c1. The average molecular weight is 411 g/mol. The highest BCUT2D eigenvalue weighted by Gasteiger charge is 2.17. The molecule has 158 valence electrons. The largest absolute Gasteiger partial charge is 0.497 e. The topological polar surface area (TPSA) is 87.0 Å². The number of ether oxygens (including phenoxy) is 3. The molecule has 0 aliphatic heterocycles. The third-order valence-electron chi connectivity index (χ3n) is 4.79. The van der Waals surface area contributed by atoms with E-state index in [1.54, 1.807) is 38.7 Å². The van der Waals surface area contributed by atoms with Crippen LogP contribution in [0.15, 0.2) is 47.1 Å². The van der Waals surface area contributed by atoms with E-state index in [2.05, 4.69) is 5.32 Å². The highest BCUT2D eigenvalue weighted by Crippen LogP contribution is 2.29. The van der Waals surface area contributed by atoms with Crippen LogP contribution in [-0.2, 0) is 20.7 Å². The molecule has 0 aliphatic carbocycles. The predicted molar refractivity (Wildman–Crippen MR) is 112 cm³/mol.